The summed E-state index contributed by atoms with van der Waals surface area (Å²) in [6.07, 6.45) is 1.84. The maximum atomic E-state index is 13.5. The van der Waals surface area contributed by atoms with Crippen LogP contribution in [0.5, 0.6) is 0 Å². The van der Waals surface area contributed by atoms with E-state index < -0.39 is 5.92 Å². The van der Waals surface area contributed by atoms with Crippen molar-refractivity contribution in [2.75, 3.05) is 0 Å². The summed E-state index contributed by atoms with van der Waals surface area (Å²) >= 11 is 1.23. The van der Waals surface area contributed by atoms with Gasteiger partial charge in [0.25, 0.3) is 5.56 Å². The van der Waals surface area contributed by atoms with Gasteiger partial charge in [-0.3, -0.25) is 9.36 Å². The Labute approximate surface area is 210 Å². The summed E-state index contributed by atoms with van der Waals surface area (Å²) in [6.45, 7) is 0. The number of hydrogen-bond acceptors (Lipinski definition) is 5. The zero-order chi connectivity index (χ0) is 24.8. The molecule has 0 spiro atoms. The second-order valence-electron chi connectivity index (χ2n) is 8.56. The number of aromatic nitrogens is 1. The molecule has 5 aromatic rings. The minimum Gasteiger partial charge on any atom is -0.384 e. The highest BCUT2D eigenvalue weighted by Crippen LogP contribution is 2.38. The number of allylic oxidation sites excluding steroid dienone is 1. The highest BCUT2D eigenvalue weighted by atomic mass is 32.1. The van der Waals surface area contributed by atoms with E-state index in [1.807, 2.05) is 91.0 Å². The first-order valence-electron chi connectivity index (χ1n) is 11.4. The topological polar surface area (TPSA) is 95.6 Å². The molecule has 1 aliphatic rings. The molecule has 6 rings (SSSR count). The molecule has 0 unspecified atom stereocenters. The normalized spacial score (nSPS) is 15.7. The Balaban J connectivity index is 1.68. The highest BCUT2D eigenvalue weighted by Gasteiger charge is 2.33. The molecule has 0 saturated carbocycles. The maximum absolute atomic E-state index is 13.5. The van der Waals surface area contributed by atoms with E-state index in [4.69, 9.17) is 5.73 Å². The smallest absolute Gasteiger partial charge is 0.274 e. The molecule has 36 heavy (non-hydrogen) atoms. The number of hydrogen-bond donors (Lipinski definition) is 1. The van der Waals surface area contributed by atoms with Crippen LogP contribution in [0.25, 0.3) is 39.0 Å². The van der Waals surface area contributed by atoms with Gasteiger partial charge in [0.15, 0.2) is 0 Å². The van der Waals surface area contributed by atoms with E-state index in [1.54, 1.807) is 0 Å². The molecule has 2 N–H and O–H groups in total. The van der Waals surface area contributed by atoms with Crippen molar-refractivity contribution in [2.45, 2.75) is 5.92 Å². The first kappa shape index (κ1) is 21.6. The van der Waals surface area contributed by atoms with Gasteiger partial charge in [-0.05, 0) is 38.7 Å². The lowest BCUT2D eigenvalue weighted by molar-refractivity contribution is 0.910. The molecule has 0 bridgehead atoms. The van der Waals surface area contributed by atoms with Gasteiger partial charge in [-0.1, -0.05) is 84.9 Å². The van der Waals surface area contributed by atoms with Crippen molar-refractivity contribution in [3.8, 4) is 12.1 Å². The number of thiazole rings is 1. The van der Waals surface area contributed by atoms with Crippen LogP contribution in [0.3, 0.4) is 0 Å². The average molecular weight is 483 g/mol. The molecule has 5 nitrogen and oxygen atoms in total. The van der Waals surface area contributed by atoms with Crippen molar-refractivity contribution in [2.24, 2.45) is 5.73 Å². The predicted molar refractivity (Wildman–Crippen MR) is 144 cm³/mol. The van der Waals surface area contributed by atoms with Crippen LogP contribution < -0.4 is 20.5 Å². The van der Waals surface area contributed by atoms with Crippen LogP contribution in [-0.4, -0.2) is 4.57 Å². The van der Waals surface area contributed by atoms with E-state index in [0.29, 0.717) is 14.8 Å². The largest absolute Gasteiger partial charge is 0.384 e. The fourth-order valence-electron chi connectivity index (χ4n) is 4.98. The summed E-state index contributed by atoms with van der Waals surface area (Å²) in [6, 6.07) is 32.1. The molecule has 0 aliphatic carbocycles. The first-order chi connectivity index (χ1) is 17.6. The van der Waals surface area contributed by atoms with Gasteiger partial charge in [0.2, 0.25) is 0 Å². The standard InChI is InChI=1S/C30H18N4OS/c31-16-24-27(23-14-6-10-19-8-2-4-13-22(19)23)25(17-32)30-34(28(24)33)29(35)26(36-30)15-20-11-5-9-18-7-1-3-12-21(18)20/h1-15,27H,33H2/t27-/m1/s1. The Bertz CT molecular complexity index is 2000. The van der Waals surface area contributed by atoms with Crippen molar-refractivity contribution in [1.29, 1.82) is 10.5 Å². The molecule has 1 atom stereocenters. The molecule has 0 amide bonds. The van der Waals surface area contributed by atoms with Gasteiger partial charge in [-0.15, -0.1) is 11.3 Å². The summed E-state index contributed by atoms with van der Waals surface area (Å²) < 4.78 is 2.23. The van der Waals surface area contributed by atoms with Crippen molar-refractivity contribution in [1.82, 2.24) is 4.57 Å². The Morgan fingerprint density at radius 2 is 1.42 bits per heavy atom. The molecular formula is C30H18N4OS. The second-order valence-corrected chi connectivity index (χ2v) is 9.59. The zero-order valence-electron chi connectivity index (χ0n) is 19.0. The number of nitrogens with two attached hydrogens (primary N) is 1. The van der Waals surface area contributed by atoms with Crippen LogP contribution in [0.15, 0.2) is 95.3 Å². The van der Waals surface area contributed by atoms with Crippen molar-refractivity contribution >= 4 is 50.4 Å². The van der Waals surface area contributed by atoms with Gasteiger partial charge in [0, 0.05) is 0 Å². The van der Waals surface area contributed by atoms with E-state index in [9.17, 15) is 15.3 Å². The summed E-state index contributed by atoms with van der Waals surface area (Å²) in [5, 5.41) is 24.5. The number of rotatable bonds is 2. The predicted octanol–water partition coefficient (Wildman–Crippen LogP) is 4.17. The van der Waals surface area contributed by atoms with Crippen LogP contribution in [-0.2, 0) is 0 Å². The lowest BCUT2D eigenvalue weighted by Crippen LogP contribution is -2.38. The summed E-state index contributed by atoms with van der Waals surface area (Å²) in [5.74, 6) is -0.585. The lowest BCUT2D eigenvalue weighted by atomic mass is 9.82. The van der Waals surface area contributed by atoms with Crippen molar-refractivity contribution in [3.05, 3.63) is 121 Å². The van der Waals surface area contributed by atoms with Gasteiger partial charge >= 0.3 is 0 Å². The lowest BCUT2D eigenvalue weighted by Gasteiger charge is -2.23. The van der Waals surface area contributed by atoms with Crippen molar-refractivity contribution in [3.63, 3.8) is 0 Å². The minimum atomic E-state index is -0.658. The third-order valence-corrected chi connectivity index (χ3v) is 7.74. The fourth-order valence-corrected chi connectivity index (χ4v) is 6.10. The SMILES string of the molecule is N#CC1=C(N)n2c(sc(=Cc3cccc4ccccc34)c2=O)=C(C#N)[C@@H]1c1cccc2ccccc12. The number of fused-ring (bicyclic) bond motifs is 3. The van der Waals surface area contributed by atoms with E-state index in [2.05, 4.69) is 12.1 Å². The monoisotopic (exact) mass is 482 g/mol. The summed E-state index contributed by atoms with van der Waals surface area (Å²) in [4.78, 5) is 13.5. The number of nitrogens with zero attached hydrogens (tertiary/aromatic N) is 3. The Hall–Kier alpha value is -4.91. The van der Waals surface area contributed by atoms with Crippen LogP contribution in [0, 0.1) is 22.7 Å². The average Bonchev–Trinajstić information content (AvgIpc) is 3.24. The third kappa shape index (κ3) is 3.17. The minimum absolute atomic E-state index is 0.0725. The number of benzene rings is 4. The molecule has 0 radical (unpaired) electrons. The van der Waals surface area contributed by atoms with Gasteiger partial charge in [-0.2, -0.15) is 10.5 Å². The van der Waals surface area contributed by atoms with Gasteiger partial charge in [0.05, 0.1) is 33.7 Å². The van der Waals surface area contributed by atoms with Crippen molar-refractivity contribution < 1.29 is 0 Å². The van der Waals surface area contributed by atoms with Gasteiger partial charge < -0.3 is 5.73 Å². The summed E-state index contributed by atoms with van der Waals surface area (Å²) in [7, 11) is 0. The van der Waals surface area contributed by atoms with Gasteiger partial charge in [0.1, 0.15) is 10.5 Å². The van der Waals surface area contributed by atoms with Crippen LogP contribution >= 0.6 is 11.3 Å². The van der Waals surface area contributed by atoms with Crippen LogP contribution in [0.1, 0.15) is 17.0 Å². The molecular weight excluding hydrogens is 464 g/mol. The molecule has 6 heteroatoms. The molecule has 0 saturated heterocycles. The molecule has 0 fully saturated rings. The molecule has 1 aliphatic heterocycles. The van der Waals surface area contributed by atoms with E-state index >= 15 is 0 Å². The number of nitriles is 2. The summed E-state index contributed by atoms with van der Waals surface area (Å²) in [5.41, 5.74) is 8.40. The fraction of sp³-hybridized carbons (Fsp3) is 0.0333. The second kappa shape index (κ2) is 8.39. The maximum Gasteiger partial charge on any atom is 0.274 e. The molecule has 170 valence electrons. The van der Waals surface area contributed by atoms with Crippen LogP contribution in [0.4, 0.5) is 0 Å². The first-order valence-corrected chi connectivity index (χ1v) is 12.2. The molecule has 2 heterocycles. The molecule has 1 aromatic heterocycles. The molecule has 4 aromatic carbocycles. The van der Waals surface area contributed by atoms with Gasteiger partial charge in [-0.25, -0.2) is 0 Å². The Morgan fingerprint density at radius 1 is 0.806 bits per heavy atom. The van der Waals surface area contributed by atoms with E-state index in [1.165, 1.54) is 15.9 Å². The third-order valence-electron chi connectivity index (χ3n) is 6.63. The Kier molecular flexibility index (Phi) is 5.04. The van der Waals surface area contributed by atoms with Crippen LogP contribution in [0.2, 0.25) is 0 Å². The zero-order valence-corrected chi connectivity index (χ0v) is 19.8. The highest BCUT2D eigenvalue weighted by molar-refractivity contribution is 7.07. The Morgan fingerprint density at radius 3 is 2.14 bits per heavy atom. The van der Waals surface area contributed by atoms with E-state index in [0.717, 1.165) is 32.7 Å². The quantitative estimate of drug-likeness (QED) is 0.409. The van der Waals surface area contributed by atoms with E-state index in [-0.39, 0.29) is 17.0 Å².